The summed E-state index contributed by atoms with van der Waals surface area (Å²) < 4.78 is 0. The molecular formula is C20H19ClN2O2. The van der Waals surface area contributed by atoms with Gasteiger partial charge in [0.2, 0.25) is 5.91 Å². The number of fused-ring (bicyclic) bond motifs is 1. The zero-order chi connectivity index (χ0) is 18.0. The van der Waals surface area contributed by atoms with Gasteiger partial charge < -0.3 is 10.3 Å². The summed E-state index contributed by atoms with van der Waals surface area (Å²) in [5.74, 6) is -0.120. The zero-order valence-corrected chi connectivity index (χ0v) is 14.9. The summed E-state index contributed by atoms with van der Waals surface area (Å²) >= 11 is 5.85. The first-order valence-corrected chi connectivity index (χ1v) is 8.55. The fourth-order valence-corrected chi connectivity index (χ4v) is 3.13. The molecule has 0 saturated carbocycles. The Morgan fingerprint density at radius 1 is 1.16 bits per heavy atom. The summed E-state index contributed by atoms with van der Waals surface area (Å²) in [5, 5.41) is 4.51. The second-order valence-electron chi connectivity index (χ2n) is 6.02. The van der Waals surface area contributed by atoms with Crippen molar-refractivity contribution in [1.82, 2.24) is 4.98 Å². The molecule has 0 spiro atoms. The van der Waals surface area contributed by atoms with E-state index < -0.39 is 0 Å². The lowest BCUT2D eigenvalue weighted by Gasteiger charge is -2.10. The average Bonchev–Trinajstić information content (AvgIpc) is 2.57. The number of carbonyl (C=O) groups excluding carboxylic acids is 1. The predicted octanol–water partition coefficient (Wildman–Crippen LogP) is 4.23. The molecule has 0 aliphatic carbocycles. The van der Waals surface area contributed by atoms with Crippen molar-refractivity contribution in [3.63, 3.8) is 0 Å². The van der Waals surface area contributed by atoms with Crippen LogP contribution in [0.1, 0.15) is 23.6 Å². The number of halogens is 1. The molecule has 0 aliphatic rings. The van der Waals surface area contributed by atoms with E-state index >= 15 is 0 Å². The highest BCUT2D eigenvalue weighted by Gasteiger charge is 2.09. The molecule has 2 aromatic carbocycles. The minimum Gasteiger partial charge on any atom is -0.326 e. The van der Waals surface area contributed by atoms with Crippen LogP contribution in [0.2, 0.25) is 5.02 Å². The van der Waals surface area contributed by atoms with E-state index in [1.807, 2.05) is 38.1 Å². The lowest BCUT2D eigenvalue weighted by Crippen LogP contribution is -2.16. The molecule has 4 nitrogen and oxygen atoms in total. The van der Waals surface area contributed by atoms with Gasteiger partial charge in [-0.1, -0.05) is 36.7 Å². The van der Waals surface area contributed by atoms with Crippen LogP contribution in [0.25, 0.3) is 10.9 Å². The van der Waals surface area contributed by atoms with Gasteiger partial charge in [0.1, 0.15) is 0 Å². The molecule has 0 aliphatic heterocycles. The fraction of sp³-hybridized carbons (Fsp3) is 0.200. The third-order valence-electron chi connectivity index (χ3n) is 4.31. The van der Waals surface area contributed by atoms with Crippen LogP contribution in [0.5, 0.6) is 0 Å². The maximum absolute atomic E-state index is 12.2. The first-order valence-electron chi connectivity index (χ1n) is 8.17. The topological polar surface area (TPSA) is 62.0 Å². The highest BCUT2D eigenvalue weighted by Crippen LogP contribution is 2.21. The molecule has 0 fully saturated rings. The standard InChI is InChI=1S/C20H19ClN2O2/c1-3-16-12(2)17-9-8-15(11-18(17)23-20(16)25)22-19(24)10-13-4-6-14(21)7-5-13/h4-9,11H,3,10H2,1-2H3,(H,22,24)(H,23,25). The van der Waals surface area contributed by atoms with E-state index in [-0.39, 0.29) is 17.9 Å². The van der Waals surface area contributed by atoms with Crippen molar-refractivity contribution in [2.24, 2.45) is 0 Å². The van der Waals surface area contributed by atoms with Gasteiger partial charge in [-0.15, -0.1) is 0 Å². The largest absolute Gasteiger partial charge is 0.326 e. The first-order chi connectivity index (χ1) is 12.0. The number of hydrogen-bond donors (Lipinski definition) is 2. The van der Waals surface area contributed by atoms with E-state index in [0.717, 1.165) is 27.6 Å². The Morgan fingerprint density at radius 3 is 2.56 bits per heavy atom. The van der Waals surface area contributed by atoms with Gasteiger partial charge in [-0.3, -0.25) is 9.59 Å². The van der Waals surface area contributed by atoms with E-state index in [1.54, 1.807) is 18.2 Å². The number of benzene rings is 2. The van der Waals surface area contributed by atoms with E-state index in [9.17, 15) is 9.59 Å². The van der Waals surface area contributed by atoms with Crippen LogP contribution in [-0.4, -0.2) is 10.9 Å². The molecule has 0 saturated heterocycles. The second kappa shape index (κ2) is 7.11. The van der Waals surface area contributed by atoms with Gasteiger partial charge in [0, 0.05) is 21.7 Å². The van der Waals surface area contributed by atoms with Crippen molar-refractivity contribution in [1.29, 1.82) is 0 Å². The molecule has 0 atom stereocenters. The summed E-state index contributed by atoms with van der Waals surface area (Å²) in [5.41, 5.74) is 3.98. The molecule has 2 N–H and O–H groups in total. The quantitative estimate of drug-likeness (QED) is 0.736. The smallest absolute Gasteiger partial charge is 0.251 e. The van der Waals surface area contributed by atoms with Gasteiger partial charge in [0.25, 0.3) is 5.56 Å². The Kier molecular flexibility index (Phi) is 4.91. The van der Waals surface area contributed by atoms with Gasteiger partial charge in [-0.25, -0.2) is 0 Å². The van der Waals surface area contributed by atoms with Gasteiger partial charge in [-0.2, -0.15) is 0 Å². The number of H-pyrrole nitrogens is 1. The molecule has 0 bridgehead atoms. The van der Waals surface area contributed by atoms with Crippen LogP contribution >= 0.6 is 11.6 Å². The fourth-order valence-electron chi connectivity index (χ4n) is 3.00. The number of nitrogens with one attached hydrogen (secondary N) is 2. The Morgan fingerprint density at radius 2 is 1.88 bits per heavy atom. The van der Waals surface area contributed by atoms with Crippen LogP contribution in [0.15, 0.2) is 47.3 Å². The Labute approximate surface area is 150 Å². The normalized spacial score (nSPS) is 10.8. The number of rotatable bonds is 4. The Bertz CT molecular complexity index is 991. The number of aryl methyl sites for hydroxylation is 1. The van der Waals surface area contributed by atoms with E-state index in [2.05, 4.69) is 10.3 Å². The molecule has 1 amide bonds. The lowest BCUT2D eigenvalue weighted by atomic mass is 10.0. The maximum atomic E-state index is 12.2. The van der Waals surface area contributed by atoms with Crippen LogP contribution < -0.4 is 10.9 Å². The van der Waals surface area contributed by atoms with Gasteiger partial charge in [-0.05, 0) is 48.7 Å². The number of aromatic nitrogens is 1. The van der Waals surface area contributed by atoms with E-state index in [0.29, 0.717) is 17.1 Å². The minimum absolute atomic E-state index is 0.0721. The monoisotopic (exact) mass is 354 g/mol. The SMILES string of the molecule is CCc1c(C)c2ccc(NC(=O)Cc3ccc(Cl)cc3)cc2[nH]c1=O. The molecule has 0 radical (unpaired) electrons. The summed E-state index contributed by atoms with van der Waals surface area (Å²) in [6.45, 7) is 3.92. The summed E-state index contributed by atoms with van der Waals surface area (Å²) in [7, 11) is 0. The van der Waals surface area contributed by atoms with Crippen molar-refractivity contribution in [3.8, 4) is 0 Å². The second-order valence-corrected chi connectivity index (χ2v) is 6.46. The van der Waals surface area contributed by atoms with Gasteiger partial charge >= 0.3 is 0 Å². The van der Waals surface area contributed by atoms with Crippen LogP contribution in [-0.2, 0) is 17.6 Å². The minimum atomic E-state index is -0.120. The van der Waals surface area contributed by atoms with Crippen molar-refractivity contribution < 1.29 is 4.79 Å². The van der Waals surface area contributed by atoms with Crippen molar-refractivity contribution in [2.75, 3.05) is 5.32 Å². The molecular weight excluding hydrogens is 336 g/mol. The molecule has 3 rings (SSSR count). The first kappa shape index (κ1) is 17.2. The molecule has 25 heavy (non-hydrogen) atoms. The van der Waals surface area contributed by atoms with Crippen LogP contribution in [0, 0.1) is 6.92 Å². The lowest BCUT2D eigenvalue weighted by molar-refractivity contribution is -0.115. The summed E-state index contributed by atoms with van der Waals surface area (Å²) in [6.07, 6.45) is 0.955. The number of hydrogen-bond acceptors (Lipinski definition) is 2. The highest BCUT2D eigenvalue weighted by atomic mass is 35.5. The highest BCUT2D eigenvalue weighted by molar-refractivity contribution is 6.30. The molecule has 128 valence electrons. The van der Waals surface area contributed by atoms with Crippen molar-refractivity contribution in [3.05, 3.63) is 74.5 Å². The Balaban J connectivity index is 1.83. The Hall–Kier alpha value is -2.59. The summed E-state index contributed by atoms with van der Waals surface area (Å²) in [4.78, 5) is 27.3. The number of amides is 1. The van der Waals surface area contributed by atoms with E-state index in [1.165, 1.54) is 0 Å². The zero-order valence-electron chi connectivity index (χ0n) is 14.2. The number of carbonyl (C=O) groups is 1. The average molecular weight is 355 g/mol. The number of aromatic amines is 1. The predicted molar refractivity (Wildman–Crippen MR) is 102 cm³/mol. The van der Waals surface area contributed by atoms with E-state index in [4.69, 9.17) is 11.6 Å². The number of pyridine rings is 1. The molecule has 1 aromatic heterocycles. The van der Waals surface area contributed by atoms with Crippen molar-refractivity contribution >= 4 is 34.1 Å². The molecule has 3 aromatic rings. The third kappa shape index (κ3) is 3.74. The molecule has 5 heteroatoms. The third-order valence-corrected chi connectivity index (χ3v) is 4.57. The van der Waals surface area contributed by atoms with Gasteiger partial charge in [0.05, 0.1) is 11.9 Å². The van der Waals surface area contributed by atoms with Gasteiger partial charge in [0.15, 0.2) is 0 Å². The molecule has 1 heterocycles. The number of anilines is 1. The maximum Gasteiger partial charge on any atom is 0.251 e. The van der Waals surface area contributed by atoms with Crippen LogP contribution in [0.3, 0.4) is 0 Å². The molecule has 0 unspecified atom stereocenters. The van der Waals surface area contributed by atoms with Crippen molar-refractivity contribution in [2.45, 2.75) is 26.7 Å². The van der Waals surface area contributed by atoms with Crippen LogP contribution in [0.4, 0.5) is 5.69 Å². The summed E-state index contributed by atoms with van der Waals surface area (Å²) in [6, 6.07) is 12.8.